The van der Waals surface area contributed by atoms with Crippen LogP contribution in [0.15, 0.2) is 42.5 Å². The van der Waals surface area contributed by atoms with Crippen molar-refractivity contribution in [1.82, 2.24) is 0 Å². The molecule has 0 bridgehead atoms. The number of rotatable bonds is 7. The topological polar surface area (TPSA) is 61.6 Å². The molecule has 2 aromatic carbocycles. The molecule has 4 nitrogen and oxygen atoms in total. The lowest BCUT2D eigenvalue weighted by Crippen LogP contribution is -2.14. The quantitative estimate of drug-likeness (QED) is 0.798. The monoisotopic (exact) mass is 299 g/mol. The maximum absolute atomic E-state index is 11.3. The Morgan fingerprint density at radius 2 is 1.68 bits per heavy atom. The van der Waals surface area contributed by atoms with Crippen LogP contribution < -0.4 is 15.2 Å². The molecule has 0 spiro atoms. The van der Waals surface area contributed by atoms with E-state index in [9.17, 15) is 4.79 Å². The Hall–Kier alpha value is -2.49. The van der Waals surface area contributed by atoms with Gasteiger partial charge in [-0.15, -0.1) is 0 Å². The van der Waals surface area contributed by atoms with E-state index in [4.69, 9.17) is 15.2 Å². The predicted octanol–water partition coefficient (Wildman–Crippen LogP) is 3.25. The van der Waals surface area contributed by atoms with Gasteiger partial charge in [-0.2, -0.15) is 0 Å². The Balaban J connectivity index is 1.81. The molecule has 116 valence electrons. The summed E-state index contributed by atoms with van der Waals surface area (Å²) in [7, 11) is 0. The first-order valence-electron chi connectivity index (χ1n) is 7.29. The van der Waals surface area contributed by atoms with Crippen molar-refractivity contribution in [2.45, 2.75) is 20.3 Å². The van der Waals surface area contributed by atoms with Crippen molar-refractivity contribution in [1.29, 1.82) is 0 Å². The lowest BCUT2D eigenvalue weighted by Gasteiger charge is -2.11. The van der Waals surface area contributed by atoms with Crippen LogP contribution in [0.4, 0.5) is 0 Å². The molecule has 0 aliphatic rings. The Bertz CT molecular complexity index is 653. The van der Waals surface area contributed by atoms with Crippen molar-refractivity contribution in [2.24, 2.45) is 5.73 Å². The molecule has 2 aromatic rings. The van der Waals surface area contributed by atoms with Crippen molar-refractivity contribution in [3.05, 3.63) is 59.2 Å². The third-order valence-corrected chi connectivity index (χ3v) is 3.30. The van der Waals surface area contributed by atoms with Gasteiger partial charge in [0.05, 0.1) is 18.8 Å². The van der Waals surface area contributed by atoms with Gasteiger partial charge in [-0.25, -0.2) is 0 Å². The van der Waals surface area contributed by atoms with Gasteiger partial charge in [0.2, 0.25) is 0 Å². The fourth-order valence-corrected chi connectivity index (χ4v) is 2.08. The first-order valence-corrected chi connectivity index (χ1v) is 7.29. The molecule has 1 amide bonds. The first kappa shape index (κ1) is 15.9. The largest absolute Gasteiger partial charge is 0.493 e. The molecule has 22 heavy (non-hydrogen) atoms. The van der Waals surface area contributed by atoms with Crippen LogP contribution >= 0.6 is 0 Å². The number of carbonyl (C=O) groups excluding carboxylic acids is 1. The Labute approximate surface area is 130 Å². The first-order chi connectivity index (χ1) is 10.6. The number of ether oxygens (including phenoxy) is 2. The molecule has 0 atom stereocenters. The number of hydrogen-bond donors (Lipinski definition) is 1. The number of amides is 1. The number of nitrogens with two attached hydrogens (primary N) is 1. The van der Waals surface area contributed by atoms with Gasteiger partial charge in [0, 0.05) is 6.42 Å². The molecule has 2 rings (SSSR count). The zero-order valence-corrected chi connectivity index (χ0v) is 13.0. The van der Waals surface area contributed by atoms with Crippen LogP contribution in [0.1, 0.15) is 27.9 Å². The molecule has 0 aromatic heterocycles. The van der Waals surface area contributed by atoms with E-state index in [2.05, 4.69) is 6.07 Å². The Morgan fingerprint density at radius 3 is 2.41 bits per heavy atom. The third kappa shape index (κ3) is 4.25. The number of para-hydroxylation sites is 1. The van der Waals surface area contributed by atoms with E-state index in [1.807, 2.05) is 32.0 Å². The lowest BCUT2D eigenvalue weighted by atomic mass is 10.1. The second-order valence-electron chi connectivity index (χ2n) is 5.18. The number of carbonyl (C=O) groups is 1. The summed E-state index contributed by atoms with van der Waals surface area (Å²) in [5.74, 6) is 0.932. The summed E-state index contributed by atoms with van der Waals surface area (Å²) in [6.07, 6.45) is 0.723. The summed E-state index contributed by atoms with van der Waals surface area (Å²) in [5, 5.41) is 0. The zero-order valence-electron chi connectivity index (χ0n) is 13.0. The fraction of sp³-hybridized carbons (Fsp3) is 0.278. The van der Waals surface area contributed by atoms with Crippen molar-refractivity contribution in [3.8, 4) is 11.5 Å². The number of primary amides is 1. The van der Waals surface area contributed by atoms with E-state index >= 15 is 0 Å². The summed E-state index contributed by atoms with van der Waals surface area (Å²) < 4.78 is 11.4. The number of aryl methyl sites for hydroxylation is 2. The van der Waals surface area contributed by atoms with Crippen molar-refractivity contribution in [2.75, 3.05) is 13.2 Å². The minimum atomic E-state index is -0.484. The number of benzene rings is 2. The van der Waals surface area contributed by atoms with Gasteiger partial charge in [0.1, 0.15) is 11.5 Å². The van der Waals surface area contributed by atoms with E-state index in [0.29, 0.717) is 24.5 Å². The smallest absolute Gasteiger partial charge is 0.252 e. The molecule has 4 heteroatoms. The minimum Gasteiger partial charge on any atom is -0.493 e. The summed E-state index contributed by atoms with van der Waals surface area (Å²) in [5.41, 5.74) is 8.00. The highest BCUT2D eigenvalue weighted by molar-refractivity contribution is 5.95. The molecule has 0 aliphatic carbocycles. The van der Waals surface area contributed by atoms with Gasteiger partial charge in [-0.05, 0) is 43.2 Å². The average molecular weight is 299 g/mol. The molecule has 0 fully saturated rings. The summed E-state index contributed by atoms with van der Waals surface area (Å²) in [6, 6.07) is 13.1. The molecular weight excluding hydrogens is 278 g/mol. The van der Waals surface area contributed by atoms with Crippen LogP contribution in [-0.4, -0.2) is 19.1 Å². The van der Waals surface area contributed by atoms with Gasteiger partial charge in [-0.1, -0.05) is 24.3 Å². The summed E-state index contributed by atoms with van der Waals surface area (Å²) in [6.45, 7) is 5.09. The van der Waals surface area contributed by atoms with E-state index in [0.717, 1.165) is 17.7 Å². The predicted molar refractivity (Wildman–Crippen MR) is 86.5 cm³/mol. The van der Waals surface area contributed by atoms with Gasteiger partial charge in [0.25, 0.3) is 5.91 Å². The molecule has 2 N–H and O–H groups in total. The normalized spacial score (nSPS) is 10.3. The molecule has 0 saturated carbocycles. The van der Waals surface area contributed by atoms with Crippen LogP contribution in [0.2, 0.25) is 0 Å². The van der Waals surface area contributed by atoms with Crippen LogP contribution in [0.5, 0.6) is 11.5 Å². The average Bonchev–Trinajstić information content (AvgIpc) is 2.50. The lowest BCUT2D eigenvalue weighted by molar-refractivity contribution is 0.0996. The van der Waals surface area contributed by atoms with E-state index < -0.39 is 5.91 Å². The molecule has 0 aliphatic heterocycles. The van der Waals surface area contributed by atoms with E-state index in [1.54, 1.807) is 18.2 Å². The maximum Gasteiger partial charge on any atom is 0.252 e. The van der Waals surface area contributed by atoms with Crippen LogP contribution in [0.3, 0.4) is 0 Å². The van der Waals surface area contributed by atoms with Crippen molar-refractivity contribution < 1.29 is 14.3 Å². The fourth-order valence-electron chi connectivity index (χ4n) is 2.08. The third-order valence-electron chi connectivity index (χ3n) is 3.30. The SMILES string of the molecule is Cc1ccc(C)c(OCCCOc2ccccc2C(N)=O)c1. The highest BCUT2D eigenvalue weighted by Gasteiger charge is 2.07. The second-order valence-corrected chi connectivity index (χ2v) is 5.18. The highest BCUT2D eigenvalue weighted by atomic mass is 16.5. The molecular formula is C18H21NO3. The van der Waals surface area contributed by atoms with Gasteiger partial charge in [0.15, 0.2) is 0 Å². The summed E-state index contributed by atoms with van der Waals surface area (Å²) in [4.78, 5) is 11.3. The Morgan fingerprint density at radius 1 is 1.00 bits per heavy atom. The standard InChI is InChI=1S/C18H21NO3/c1-13-8-9-14(2)17(12-13)22-11-5-10-21-16-7-4-3-6-15(16)18(19)20/h3-4,6-9,12H,5,10-11H2,1-2H3,(H2,19,20). The van der Waals surface area contributed by atoms with Crippen molar-refractivity contribution in [3.63, 3.8) is 0 Å². The molecule has 0 heterocycles. The highest BCUT2D eigenvalue weighted by Crippen LogP contribution is 2.20. The van der Waals surface area contributed by atoms with Crippen LogP contribution in [-0.2, 0) is 0 Å². The molecule has 0 unspecified atom stereocenters. The molecule has 0 radical (unpaired) electrons. The van der Waals surface area contributed by atoms with Gasteiger partial charge >= 0.3 is 0 Å². The maximum atomic E-state index is 11.3. The van der Waals surface area contributed by atoms with E-state index in [-0.39, 0.29) is 0 Å². The van der Waals surface area contributed by atoms with Crippen LogP contribution in [0.25, 0.3) is 0 Å². The van der Waals surface area contributed by atoms with Crippen molar-refractivity contribution >= 4 is 5.91 Å². The summed E-state index contributed by atoms with van der Waals surface area (Å²) >= 11 is 0. The second kappa shape index (κ2) is 7.50. The van der Waals surface area contributed by atoms with Crippen LogP contribution in [0, 0.1) is 13.8 Å². The number of hydrogen-bond acceptors (Lipinski definition) is 3. The zero-order chi connectivity index (χ0) is 15.9. The van der Waals surface area contributed by atoms with E-state index in [1.165, 1.54) is 5.56 Å². The van der Waals surface area contributed by atoms with Gasteiger partial charge < -0.3 is 15.2 Å². The minimum absolute atomic E-state index is 0.401. The molecule has 0 saturated heterocycles. The Kier molecular flexibility index (Phi) is 5.42. The van der Waals surface area contributed by atoms with Gasteiger partial charge in [-0.3, -0.25) is 4.79 Å².